The molecular weight excluding hydrogens is 402 g/mol. The molecule has 1 amide bonds. The minimum Gasteiger partial charge on any atom is -0.443 e. The summed E-state index contributed by atoms with van der Waals surface area (Å²) in [7, 11) is 1.76. The van der Waals surface area contributed by atoms with Crippen LogP contribution < -0.4 is 4.90 Å². The van der Waals surface area contributed by atoms with E-state index in [0.29, 0.717) is 16.6 Å². The number of ether oxygens (including phenoxy) is 1. The quantitative estimate of drug-likeness (QED) is 0.401. The first-order valence-corrected chi connectivity index (χ1v) is 13.4. The Bertz CT molecular complexity index is 982. The second-order valence-electron chi connectivity index (χ2n) is 10.4. The minimum atomic E-state index is -1.88. The number of hydrogen-bond donors (Lipinski definition) is 0. The lowest BCUT2D eigenvalue weighted by atomic mass is 10.1. The lowest BCUT2D eigenvalue weighted by molar-refractivity contribution is 0.0589. The molecule has 0 spiro atoms. The second-order valence-corrected chi connectivity index (χ2v) is 16.0. The Balaban J connectivity index is 2.65. The normalized spacial score (nSPS) is 12.5. The standard InChI is InChI=1S/C25H39N3O2Si/c1-17(2)31(18(3)4,19(5)6)13-12-20-14-21(15-23-22(20)16-26-28(23)11)27(10)24(29)30-25(7,8)9/h14-19H,1-11H3. The van der Waals surface area contributed by atoms with Gasteiger partial charge in [-0.15, -0.1) is 5.54 Å². The summed E-state index contributed by atoms with van der Waals surface area (Å²) in [5.74, 6) is 3.55. The summed E-state index contributed by atoms with van der Waals surface area (Å²) in [6.45, 7) is 19.5. The van der Waals surface area contributed by atoms with Crippen molar-refractivity contribution in [2.24, 2.45) is 7.05 Å². The van der Waals surface area contributed by atoms with Crippen molar-refractivity contribution in [1.29, 1.82) is 0 Å². The predicted molar refractivity (Wildman–Crippen MR) is 133 cm³/mol. The van der Waals surface area contributed by atoms with E-state index in [1.54, 1.807) is 11.9 Å². The van der Waals surface area contributed by atoms with E-state index < -0.39 is 13.7 Å². The Hall–Kier alpha value is -2.26. The number of benzene rings is 1. The molecule has 1 aromatic heterocycles. The van der Waals surface area contributed by atoms with Crippen molar-refractivity contribution in [2.45, 2.75) is 84.5 Å². The van der Waals surface area contributed by atoms with Crippen LogP contribution in [0.4, 0.5) is 10.5 Å². The predicted octanol–water partition coefficient (Wildman–Crippen LogP) is 6.51. The summed E-state index contributed by atoms with van der Waals surface area (Å²) in [6.07, 6.45) is 1.48. The van der Waals surface area contributed by atoms with Gasteiger partial charge in [-0.05, 0) is 49.5 Å². The largest absolute Gasteiger partial charge is 0.443 e. The van der Waals surface area contributed by atoms with Crippen molar-refractivity contribution in [3.8, 4) is 11.5 Å². The maximum absolute atomic E-state index is 12.7. The number of aromatic nitrogens is 2. The van der Waals surface area contributed by atoms with Crippen LogP contribution in [0.5, 0.6) is 0 Å². The lowest BCUT2D eigenvalue weighted by Gasteiger charge is -2.38. The minimum absolute atomic E-state index is 0.386. The summed E-state index contributed by atoms with van der Waals surface area (Å²) in [5, 5.41) is 5.45. The Morgan fingerprint density at radius 2 is 1.65 bits per heavy atom. The number of carbonyl (C=O) groups is 1. The zero-order valence-corrected chi connectivity index (χ0v) is 22.1. The third-order valence-electron chi connectivity index (χ3n) is 6.19. The maximum atomic E-state index is 12.7. The SMILES string of the molecule is CC(C)[Si](C#Cc1cc(N(C)C(=O)OC(C)(C)C)cc2c1cnn2C)(C(C)C)C(C)C. The van der Waals surface area contributed by atoms with Gasteiger partial charge in [0, 0.05) is 25.0 Å². The van der Waals surface area contributed by atoms with Crippen LogP contribution in [0.15, 0.2) is 18.3 Å². The van der Waals surface area contributed by atoms with Crippen LogP contribution in [0.3, 0.4) is 0 Å². The summed E-state index contributed by atoms with van der Waals surface area (Å²) in [4.78, 5) is 14.2. The first-order chi connectivity index (χ1) is 14.2. The molecule has 5 nitrogen and oxygen atoms in total. The smallest absolute Gasteiger partial charge is 0.414 e. The Kier molecular flexibility index (Phi) is 7.32. The molecule has 0 aliphatic heterocycles. The van der Waals surface area contributed by atoms with E-state index in [2.05, 4.69) is 58.1 Å². The molecule has 0 atom stereocenters. The van der Waals surface area contributed by atoms with Crippen LogP contribution >= 0.6 is 0 Å². The summed E-state index contributed by atoms with van der Waals surface area (Å²) < 4.78 is 7.39. The van der Waals surface area contributed by atoms with Crippen molar-refractivity contribution in [3.05, 3.63) is 23.9 Å². The third-order valence-corrected chi connectivity index (χ3v) is 12.5. The van der Waals surface area contributed by atoms with Gasteiger partial charge in [-0.2, -0.15) is 5.10 Å². The van der Waals surface area contributed by atoms with E-state index in [9.17, 15) is 4.79 Å². The van der Waals surface area contributed by atoms with Gasteiger partial charge in [0.1, 0.15) is 13.7 Å². The van der Waals surface area contributed by atoms with Crippen molar-refractivity contribution in [3.63, 3.8) is 0 Å². The highest BCUT2D eigenvalue weighted by Crippen LogP contribution is 2.41. The molecule has 0 bridgehead atoms. The zero-order chi connectivity index (χ0) is 23.7. The number of amides is 1. The first-order valence-electron chi connectivity index (χ1n) is 11.2. The monoisotopic (exact) mass is 441 g/mol. The number of rotatable bonds is 4. The first kappa shape index (κ1) is 25.0. The Morgan fingerprint density at radius 1 is 1.10 bits per heavy atom. The van der Waals surface area contributed by atoms with Gasteiger partial charge in [0.2, 0.25) is 0 Å². The van der Waals surface area contributed by atoms with Crippen LogP contribution in [0, 0.1) is 11.5 Å². The highest BCUT2D eigenvalue weighted by molar-refractivity contribution is 6.90. The van der Waals surface area contributed by atoms with Crippen LogP contribution in [-0.2, 0) is 11.8 Å². The summed E-state index contributed by atoms with van der Waals surface area (Å²) in [5.41, 5.74) is 7.51. The summed E-state index contributed by atoms with van der Waals surface area (Å²) >= 11 is 0. The topological polar surface area (TPSA) is 47.4 Å². The van der Waals surface area contributed by atoms with Gasteiger partial charge >= 0.3 is 6.09 Å². The number of fused-ring (bicyclic) bond motifs is 1. The van der Waals surface area contributed by atoms with Crippen molar-refractivity contribution < 1.29 is 9.53 Å². The molecule has 170 valence electrons. The van der Waals surface area contributed by atoms with Gasteiger partial charge in [0.05, 0.1) is 17.4 Å². The molecule has 0 N–H and O–H groups in total. The van der Waals surface area contributed by atoms with E-state index in [-0.39, 0.29) is 6.09 Å². The molecule has 0 aliphatic rings. The molecule has 0 radical (unpaired) electrons. The van der Waals surface area contributed by atoms with E-state index in [1.807, 2.05) is 50.8 Å². The van der Waals surface area contributed by atoms with Crippen LogP contribution in [0.1, 0.15) is 67.9 Å². The Labute approximate surface area is 189 Å². The van der Waals surface area contributed by atoms with Gasteiger partial charge in [-0.1, -0.05) is 47.5 Å². The van der Waals surface area contributed by atoms with Gasteiger partial charge in [0.15, 0.2) is 0 Å². The molecule has 1 aromatic carbocycles. The molecule has 0 unspecified atom stereocenters. The second kappa shape index (κ2) is 9.08. The van der Waals surface area contributed by atoms with E-state index in [1.165, 1.54) is 0 Å². The van der Waals surface area contributed by atoms with Crippen molar-refractivity contribution in [1.82, 2.24) is 9.78 Å². The fourth-order valence-electron chi connectivity index (χ4n) is 4.57. The zero-order valence-electron chi connectivity index (χ0n) is 21.1. The van der Waals surface area contributed by atoms with E-state index in [4.69, 9.17) is 4.74 Å². The maximum Gasteiger partial charge on any atom is 0.414 e. The number of anilines is 1. The molecule has 0 aliphatic carbocycles. The highest BCUT2D eigenvalue weighted by atomic mass is 28.3. The van der Waals surface area contributed by atoms with Crippen molar-refractivity contribution in [2.75, 3.05) is 11.9 Å². The number of hydrogen-bond acceptors (Lipinski definition) is 3. The van der Waals surface area contributed by atoms with Crippen LogP contribution in [-0.4, -0.2) is 36.6 Å². The Morgan fingerprint density at radius 3 is 2.13 bits per heavy atom. The molecule has 0 fully saturated rings. The third kappa shape index (κ3) is 5.15. The molecular formula is C25H39N3O2Si. The van der Waals surface area contributed by atoms with Crippen molar-refractivity contribution >= 4 is 30.8 Å². The number of aryl methyl sites for hydroxylation is 1. The fourth-order valence-corrected chi connectivity index (χ4v) is 9.79. The van der Waals surface area contributed by atoms with Crippen LogP contribution in [0.2, 0.25) is 16.6 Å². The fraction of sp³-hybridized carbons (Fsp3) is 0.600. The van der Waals surface area contributed by atoms with Gasteiger partial charge in [-0.25, -0.2) is 4.79 Å². The molecule has 2 rings (SSSR count). The van der Waals surface area contributed by atoms with Crippen LogP contribution in [0.25, 0.3) is 10.9 Å². The van der Waals surface area contributed by atoms with Gasteiger partial charge in [-0.3, -0.25) is 9.58 Å². The molecule has 2 aromatic rings. The molecule has 1 heterocycles. The molecule has 31 heavy (non-hydrogen) atoms. The van der Waals surface area contributed by atoms with Gasteiger partial charge in [0.25, 0.3) is 0 Å². The van der Waals surface area contributed by atoms with E-state index in [0.717, 1.165) is 22.2 Å². The molecule has 0 saturated carbocycles. The van der Waals surface area contributed by atoms with E-state index >= 15 is 0 Å². The molecule has 6 heteroatoms. The van der Waals surface area contributed by atoms with Gasteiger partial charge < -0.3 is 4.74 Å². The number of nitrogens with zero attached hydrogens (tertiary/aromatic N) is 3. The highest BCUT2D eigenvalue weighted by Gasteiger charge is 2.41. The average Bonchev–Trinajstić information content (AvgIpc) is 3.00. The number of carbonyl (C=O) groups excluding carboxylic acids is 1. The molecule has 0 saturated heterocycles. The summed E-state index contributed by atoms with van der Waals surface area (Å²) in [6, 6.07) is 3.95. The average molecular weight is 442 g/mol. The lowest BCUT2D eigenvalue weighted by Crippen LogP contribution is -2.43.